The molecule has 5 nitrogen and oxygen atoms in total. The van der Waals surface area contributed by atoms with E-state index in [2.05, 4.69) is 25.9 Å². The van der Waals surface area contributed by atoms with E-state index in [9.17, 15) is 10.2 Å². The molecule has 2 N–H and O–H groups in total. The van der Waals surface area contributed by atoms with Crippen LogP contribution in [-0.4, -0.2) is 21.4 Å². The standard InChI is InChI=1S/C23H18BrClN2O3/c1-11-4-6-17-19(8-11)30-23(27-17)15-9-14(5-7-18(15)28)26-10-16-12(2)21(25)13(3)20(24)22(16)29/h4-10,28-29H,1-3H3. The van der Waals surface area contributed by atoms with E-state index in [-0.39, 0.29) is 11.5 Å². The van der Waals surface area contributed by atoms with Crippen molar-refractivity contribution in [2.75, 3.05) is 0 Å². The van der Waals surface area contributed by atoms with E-state index >= 15 is 0 Å². The Labute approximate surface area is 186 Å². The molecule has 0 saturated carbocycles. The lowest BCUT2D eigenvalue weighted by atomic mass is 10.0. The largest absolute Gasteiger partial charge is 0.507 e. The molecule has 0 unspecified atom stereocenters. The first kappa shape index (κ1) is 20.4. The zero-order valence-electron chi connectivity index (χ0n) is 16.5. The first-order valence-corrected chi connectivity index (χ1v) is 10.3. The van der Waals surface area contributed by atoms with Crippen LogP contribution in [0.5, 0.6) is 11.5 Å². The topological polar surface area (TPSA) is 78.9 Å². The van der Waals surface area contributed by atoms with Crippen molar-refractivity contribution in [3.8, 4) is 23.0 Å². The molecule has 0 saturated heterocycles. The van der Waals surface area contributed by atoms with E-state index in [0.717, 1.165) is 16.7 Å². The van der Waals surface area contributed by atoms with Crippen molar-refractivity contribution in [2.24, 2.45) is 4.99 Å². The van der Waals surface area contributed by atoms with E-state index in [0.29, 0.717) is 43.3 Å². The van der Waals surface area contributed by atoms with E-state index in [4.69, 9.17) is 16.0 Å². The summed E-state index contributed by atoms with van der Waals surface area (Å²) < 4.78 is 6.36. The third kappa shape index (κ3) is 3.57. The zero-order valence-corrected chi connectivity index (χ0v) is 18.8. The van der Waals surface area contributed by atoms with Gasteiger partial charge in [-0.25, -0.2) is 4.98 Å². The van der Waals surface area contributed by atoms with Gasteiger partial charge in [-0.3, -0.25) is 4.99 Å². The molecule has 1 aromatic heterocycles. The number of oxazole rings is 1. The summed E-state index contributed by atoms with van der Waals surface area (Å²) in [4.78, 5) is 8.92. The van der Waals surface area contributed by atoms with Gasteiger partial charge in [0.15, 0.2) is 5.58 Å². The highest BCUT2D eigenvalue weighted by Gasteiger charge is 2.16. The SMILES string of the molecule is Cc1ccc2nc(-c3cc(N=Cc4c(C)c(Cl)c(C)c(Br)c4O)ccc3O)oc2c1. The number of aliphatic imine (C=N–C) groups is 1. The number of fused-ring (bicyclic) bond motifs is 1. The highest BCUT2D eigenvalue weighted by molar-refractivity contribution is 9.10. The third-order valence-corrected chi connectivity index (χ3v) is 6.49. The van der Waals surface area contributed by atoms with Crippen LogP contribution in [0.3, 0.4) is 0 Å². The minimum absolute atomic E-state index is 0.0392. The molecule has 0 spiro atoms. The number of rotatable bonds is 3. The molecule has 152 valence electrons. The van der Waals surface area contributed by atoms with Gasteiger partial charge in [-0.15, -0.1) is 0 Å². The quantitative estimate of drug-likeness (QED) is 0.306. The van der Waals surface area contributed by atoms with Crippen molar-refractivity contribution >= 4 is 50.5 Å². The van der Waals surface area contributed by atoms with Crippen LogP contribution in [0, 0.1) is 20.8 Å². The van der Waals surface area contributed by atoms with Crippen molar-refractivity contribution in [1.82, 2.24) is 4.98 Å². The lowest BCUT2D eigenvalue weighted by Gasteiger charge is -2.12. The normalized spacial score (nSPS) is 11.6. The van der Waals surface area contributed by atoms with Crippen LogP contribution < -0.4 is 0 Å². The zero-order chi connectivity index (χ0) is 21.6. The molecule has 7 heteroatoms. The number of halogens is 2. The summed E-state index contributed by atoms with van der Waals surface area (Å²) in [5.41, 5.74) is 5.43. The van der Waals surface area contributed by atoms with Gasteiger partial charge in [0.2, 0.25) is 5.89 Å². The maximum Gasteiger partial charge on any atom is 0.231 e. The Balaban J connectivity index is 1.75. The predicted octanol–water partition coefficient (Wildman–Crippen LogP) is 7.00. The van der Waals surface area contributed by atoms with Crippen molar-refractivity contribution in [2.45, 2.75) is 20.8 Å². The van der Waals surface area contributed by atoms with Gasteiger partial charge in [0.05, 0.1) is 15.7 Å². The molecule has 0 aliphatic heterocycles. The first-order chi connectivity index (χ1) is 14.3. The number of phenols is 2. The van der Waals surface area contributed by atoms with Crippen LogP contribution in [0.1, 0.15) is 22.3 Å². The van der Waals surface area contributed by atoms with Crippen LogP contribution in [0.15, 0.2) is 50.3 Å². The molecule has 0 aliphatic rings. The van der Waals surface area contributed by atoms with E-state index in [1.165, 1.54) is 6.07 Å². The van der Waals surface area contributed by atoms with Crippen LogP contribution in [-0.2, 0) is 0 Å². The Morgan fingerprint density at radius 2 is 1.83 bits per heavy atom. The Morgan fingerprint density at radius 1 is 1.07 bits per heavy atom. The van der Waals surface area contributed by atoms with Crippen LogP contribution in [0.25, 0.3) is 22.6 Å². The maximum atomic E-state index is 10.5. The summed E-state index contributed by atoms with van der Waals surface area (Å²) in [6.07, 6.45) is 1.55. The molecule has 0 aliphatic carbocycles. The van der Waals surface area contributed by atoms with Crippen LogP contribution >= 0.6 is 27.5 Å². The van der Waals surface area contributed by atoms with Gasteiger partial charge < -0.3 is 14.6 Å². The molecule has 0 radical (unpaired) electrons. The second-order valence-electron chi connectivity index (χ2n) is 7.09. The molecule has 3 aromatic carbocycles. The van der Waals surface area contributed by atoms with Gasteiger partial charge in [0, 0.05) is 16.8 Å². The number of hydrogen-bond donors (Lipinski definition) is 2. The fraction of sp³-hybridized carbons (Fsp3) is 0.130. The van der Waals surface area contributed by atoms with Crippen molar-refractivity contribution in [3.05, 3.63) is 68.1 Å². The highest BCUT2D eigenvalue weighted by Crippen LogP contribution is 2.39. The number of hydrogen-bond acceptors (Lipinski definition) is 5. The molecule has 0 atom stereocenters. The van der Waals surface area contributed by atoms with E-state index in [1.54, 1.807) is 18.3 Å². The Hall–Kier alpha value is -2.83. The maximum absolute atomic E-state index is 10.5. The Kier molecular flexibility index (Phi) is 5.30. The average molecular weight is 486 g/mol. The summed E-state index contributed by atoms with van der Waals surface area (Å²) in [5.74, 6) is 0.425. The van der Waals surface area contributed by atoms with Gasteiger partial charge in [-0.05, 0) is 83.7 Å². The van der Waals surface area contributed by atoms with Gasteiger partial charge in [0.1, 0.15) is 17.0 Å². The van der Waals surface area contributed by atoms with Crippen LogP contribution in [0.4, 0.5) is 5.69 Å². The van der Waals surface area contributed by atoms with Crippen molar-refractivity contribution in [3.63, 3.8) is 0 Å². The van der Waals surface area contributed by atoms with Crippen molar-refractivity contribution < 1.29 is 14.6 Å². The minimum atomic E-state index is 0.0392. The predicted molar refractivity (Wildman–Crippen MR) is 123 cm³/mol. The molecular formula is C23H18BrClN2O3. The van der Waals surface area contributed by atoms with Crippen molar-refractivity contribution in [1.29, 1.82) is 0 Å². The molecule has 4 rings (SSSR count). The number of nitrogens with zero attached hydrogens (tertiary/aromatic N) is 2. The molecule has 30 heavy (non-hydrogen) atoms. The average Bonchev–Trinajstić information content (AvgIpc) is 3.14. The summed E-state index contributed by atoms with van der Waals surface area (Å²) >= 11 is 9.73. The van der Waals surface area contributed by atoms with E-state index in [1.807, 2.05) is 39.0 Å². The third-order valence-electron chi connectivity index (χ3n) is 4.95. The van der Waals surface area contributed by atoms with Gasteiger partial charge >= 0.3 is 0 Å². The fourth-order valence-electron chi connectivity index (χ4n) is 3.19. The number of aromatic hydroxyl groups is 2. The molecule has 0 bridgehead atoms. The fourth-order valence-corrected chi connectivity index (χ4v) is 3.91. The summed E-state index contributed by atoms with van der Waals surface area (Å²) in [5, 5.41) is 21.4. The molecular weight excluding hydrogens is 468 g/mol. The number of phenolic OH excluding ortho intramolecular Hbond substituents is 2. The first-order valence-electron chi connectivity index (χ1n) is 9.18. The summed E-state index contributed by atoms with van der Waals surface area (Å²) in [7, 11) is 0. The second kappa shape index (κ2) is 7.78. The summed E-state index contributed by atoms with van der Waals surface area (Å²) in [6, 6.07) is 10.6. The second-order valence-corrected chi connectivity index (χ2v) is 8.26. The highest BCUT2D eigenvalue weighted by atomic mass is 79.9. The smallest absolute Gasteiger partial charge is 0.231 e. The number of benzene rings is 3. The molecule has 4 aromatic rings. The van der Waals surface area contributed by atoms with E-state index < -0.39 is 0 Å². The molecule has 0 amide bonds. The Bertz CT molecular complexity index is 1300. The summed E-state index contributed by atoms with van der Waals surface area (Å²) in [6.45, 7) is 5.63. The number of aryl methyl sites for hydroxylation is 1. The van der Waals surface area contributed by atoms with Gasteiger partial charge in [-0.1, -0.05) is 17.7 Å². The Morgan fingerprint density at radius 3 is 2.60 bits per heavy atom. The lowest BCUT2D eigenvalue weighted by molar-refractivity contribution is 0.470. The minimum Gasteiger partial charge on any atom is -0.507 e. The number of aromatic nitrogens is 1. The monoisotopic (exact) mass is 484 g/mol. The van der Waals surface area contributed by atoms with Gasteiger partial charge in [0.25, 0.3) is 0 Å². The molecule has 1 heterocycles. The van der Waals surface area contributed by atoms with Gasteiger partial charge in [-0.2, -0.15) is 0 Å². The lowest BCUT2D eigenvalue weighted by Crippen LogP contribution is -1.94. The molecule has 0 fully saturated rings. The van der Waals surface area contributed by atoms with Crippen LogP contribution in [0.2, 0.25) is 5.02 Å².